The lowest BCUT2D eigenvalue weighted by Crippen LogP contribution is -2.23. The summed E-state index contributed by atoms with van der Waals surface area (Å²) in [4.78, 5) is 2.49. The molecule has 1 fully saturated rings. The molecular formula is C14H21NS. The maximum absolute atomic E-state index is 2.49. The first-order chi connectivity index (χ1) is 7.77. The number of benzene rings is 1. The minimum absolute atomic E-state index is 0.691. The molecule has 1 aromatic rings. The Balaban J connectivity index is 1.82. The van der Waals surface area contributed by atoms with Crippen LogP contribution >= 0.6 is 11.8 Å². The van der Waals surface area contributed by atoms with E-state index in [-0.39, 0.29) is 0 Å². The van der Waals surface area contributed by atoms with Crippen molar-refractivity contribution >= 4 is 11.8 Å². The molecular weight excluding hydrogens is 214 g/mol. The van der Waals surface area contributed by atoms with Crippen LogP contribution in [0.25, 0.3) is 0 Å². The normalized spacial score (nSPS) is 23.5. The van der Waals surface area contributed by atoms with E-state index in [9.17, 15) is 0 Å². The molecule has 2 heteroatoms. The first kappa shape index (κ1) is 12.0. The third-order valence-electron chi connectivity index (χ3n) is 3.46. The molecule has 0 amide bonds. The molecule has 0 aliphatic carbocycles. The van der Waals surface area contributed by atoms with Crippen molar-refractivity contribution in [2.45, 2.75) is 31.1 Å². The van der Waals surface area contributed by atoms with Crippen molar-refractivity contribution in [3.63, 3.8) is 0 Å². The first-order valence-electron chi connectivity index (χ1n) is 6.14. The highest BCUT2D eigenvalue weighted by molar-refractivity contribution is 8.00. The zero-order chi connectivity index (χ0) is 11.4. The van der Waals surface area contributed by atoms with Crippen LogP contribution in [0, 0.1) is 0 Å². The van der Waals surface area contributed by atoms with Crippen molar-refractivity contribution in [2.24, 2.45) is 0 Å². The van der Waals surface area contributed by atoms with Crippen LogP contribution in [0.15, 0.2) is 30.3 Å². The summed E-state index contributed by atoms with van der Waals surface area (Å²) in [5, 5.41) is 0.756. The van der Waals surface area contributed by atoms with Crippen LogP contribution < -0.4 is 0 Å². The topological polar surface area (TPSA) is 3.24 Å². The van der Waals surface area contributed by atoms with E-state index in [0.717, 1.165) is 5.37 Å². The Bertz CT molecular complexity index is 312. The molecule has 2 atom stereocenters. The summed E-state index contributed by atoms with van der Waals surface area (Å²) in [5.74, 6) is 2.00. The van der Waals surface area contributed by atoms with E-state index in [4.69, 9.17) is 0 Å². The van der Waals surface area contributed by atoms with E-state index in [2.05, 4.69) is 61.0 Å². The zero-order valence-electron chi connectivity index (χ0n) is 10.2. The second kappa shape index (κ2) is 5.74. The van der Waals surface area contributed by atoms with Gasteiger partial charge in [-0.1, -0.05) is 37.3 Å². The van der Waals surface area contributed by atoms with Gasteiger partial charge >= 0.3 is 0 Å². The highest BCUT2D eigenvalue weighted by atomic mass is 32.2. The fraction of sp³-hybridized carbons (Fsp3) is 0.571. The van der Waals surface area contributed by atoms with Gasteiger partial charge in [0, 0.05) is 12.3 Å². The van der Waals surface area contributed by atoms with Crippen molar-refractivity contribution in [2.75, 3.05) is 19.3 Å². The molecule has 0 bridgehead atoms. The molecule has 1 saturated heterocycles. The Morgan fingerprint density at radius 1 is 1.38 bits per heavy atom. The summed E-state index contributed by atoms with van der Waals surface area (Å²) in [5.41, 5.74) is 1.48. The third-order valence-corrected chi connectivity index (χ3v) is 4.86. The average Bonchev–Trinajstić information content (AvgIpc) is 2.73. The zero-order valence-corrected chi connectivity index (χ0v) is 11.0. The standard InChI is InChI=1S/C14H21NS/c1-12(13-6-4-3-5-7-13)8-9-14-15(2)10-11-16-14/h3-7,12,14H,8-11H2,1-2H3. The Labute approximate surface area is 103 Å². The van der Waals surface area contributed by atoms with Gasteiger partial charge in [-0.25, -0.2) is 0 Å². The molecule has 0 aromatic heterocycles. The molecule has 0 saturated carbocycles. The van der Waals surface area contributed by atoms with Gasteiger partial charge in [-0.15, -0.1) is 11.8 Å². The van der Waals surface area contributed by atoms with E-state index in [1.165, 1.54) is 30.7 Å². The van der Waals surface area contributed by atoms with Crippen LogP contribution in [-0.2, 0) is 0 Å². The Morgan fingerprint density at radius 2 is 2.12 bits per heavy atom. The summed E-state index contributed by atoms with van der Waals surface area (Å²) in [6, 6.07) is 10.9. The molecule has 1 heterocycles. The summed E-state index contributed by atoms with van der Waals surface area (Å²) < 4.78 is 0. The number of nitrogens with zero attached hydrogens (tertiary/aromatic N) is 1. The van der Waals surface area contributed by atoms with Crippen molar-refractivity contribution < 1.29 is 0 Å². The predicted molar refractivity (Wildman–Crippen MR) is 73.0 cm³/mol. The lowest BCUT2D eigenvalue weighted by molar-refractivity contribution is 0.330. The van der Waals surface area contributed by atoms with Gasteiger partial charge in [0.15, 0.2) is 0 Å². The fourth-order valence-electron chi connectivity index (χ4n) is 2.25. The van der Waals surface area contributed by atoms with Gasteiger partial charge in [-0.3, -0.25) is 4.90 Å². The Morgan fingerprint density at radius 3 is 2.75 bits per heavy atom. The molecule has 2 unspecified atom stereocenters. The summed E-state index contributed by atoms with van der Waals surface area (Å²) in [7, 11) is 2.25. The molecule has 0 spiro atoms. The second-order valence-electron chi connectivity index (χ2n) is 4.70. The molecule has 88 valence electrons. The van der Waals surface area contributed by atoms with Crippen molar-refractivity contribution in [1.82, 2.24) is 4.90 Å². The molecule has 1 nitrogen and oxygen atoms in total. The van der Waals surface area contributed by atoms with Crippen LogP contribution in [0.5, 0.6) is 0 Å². The predicted octanol–water partition coefficient (Wildman–Crippen LogP) is 3.58. The lowest BCUT2D eigenvalue weighted by Gasteiger charge is -2.20. The third kappa shape index (κ3) is 3.02. The smallest absolute Gasteiger partial charge is 0.0555 e. The molecule has 1 aromatic carbocycles. The SMILES string of the molecule is CC(CCC1SCCN1C)c1ccccc1. The molecule has 0 radical (unpaired) electrons. The van der Waals surface area contributed by atoms with Crippen LogP contribution in [0.4, 0.5) is 0 Å². The average molecular weight is 235 g/mol. The minimum atomic E-state index is 0.691. The number of hydrogen-bond acceptors (Lipinski definition) is 2. The highest BCUT2D eigenvalue weighted by Crippen LogP contribution is 2.29. The van der Waals surface area contributed by atoms with Crippen molar-refractivity contribution in [1.29, 1.82) is 0 Å². The monoisotopic (exact) mass is 235 g/mol. The largest absolute Gasteiger partial charge is 0.294 e. The van der Waals surface area contributed by atoms with E-state index in [1.807, 2.05) is 0 Å². The van der Waals surface area contributed by atoms with Gasteiger partial charge in [0.05, 0.1) is 5.37 Å². The molecule has 0 N–H and O–H groups in total. The number of rotatable bonds is 4. The van der Waals surface area contributed by atoms with Crippen LogP contribution in [0.1, 0.15) is 31.2 Å². The lowest BCUT2D eigenvalue weighted by atomic mass is 9.96. The van der Waals surface area contributed by atoms with E-state index in [0.29, 0.717) is 5.92 Å². The summed E-state index contributed by atoms with van der Waals surface area (Å²) in [6.45, 7) is 3.60. The Kier molecular flexibility index (Phi) is 4.30. The molecule has 1 aliphatic heterocycles. The quantitative estimate of drug-likeness (QED) is 0.785. The molecule has 2 rings (SSSR count). The van der Waals surface area contributed by atoms with E-state index < -0.39 is 0 Å². The first-order valence-corrected chi connectivity index (χ1v) is 7.19. The van der Waals surface area contributed by atoms with Gasteiger partial charge in [0.1, 0.15) is 0 Å². The van der Waals surface area contributed by atoms with E-state index in [1.54, 1.807) is 0 Å². The Hall–Kier alpha value is -0.470. The van der Waals surface area contributed by atoms with Crippen LogP contribution in [0.2, 0.25) is 0 Å². The van der Waals surface area contributed by atoms with Crippen molar-refractivity contribution in [3.8, 4) is 0 Å². The number of hydrogen-bond donors (Lipinski definition) is 0. The maximum atomic E-state index is 2.49. The number of thioether (sulfide) groups is 1. The summed E-state index contributed by atoms with van der Waals surface area (Å²) in [6.07, 6.45) is 2.61. The van der Waals surface area contributed by atoms with Gasteiger partial charge in [0.25, 0.3) is 0 Å². The van der Waals surface area contributed by atoms with Crippen LogP contribution in [-0.4, -0.2) is 29.6 Å². The fourth-order valence-corrected chi connectivity index (χ4v) is 3.58. The van der Waals surface area contributed by atoms with Gasteiger partial charge in [-0.2, -0.15) is 0 Å². The molecule has 16 heavy (non-hydrogen) atoms. The minimum Gasteiger partial charge on any atom is -0.294 e. The molecule has 1 aliphatic rings. The van der Waals surface area contributed by atoms with E-state index >= 15 is 0 Å². The van der Waals surface area contributed by atoms with Gasteiger partial charge in [-0.05, 0) is 31.4 Å². The van der Waals surface area contributed by atoms with Gasteiger partial charge < -0.3 is 0 Å². The van der Waals surface area contributed by atoms with Crippen LogP contribution in [0.3, 0.4) is 0 Å². The van der Waals surface area contributed by atoms with Crippen molar-refractivity contribution in [3.05, 3.63) is 35.9 Å². The summed E-state index contributed by atoms with van der Waals surface area (Å²) >= 11 is 2.11. The van der Waals surface area contributed by atoms with Gasteiger partial charge in [0.2, 0.25) is 0 Å². The highest BCUT2D eigenvalue weighted by Gasteiger charge is 2.21. The second-order valence-corrected chi connectivity index (χ2v) is 5.98. The maximum Gasteiger partial charge on any atom is 0.0555 e.